The lowest BCUT2D eigenvalue weighted by Crippen LogP contribution is -2.46. The monoisotopic (exact) mass is 216 g/mol. The van der Waals surface area contributed by atoms with Gasteiger partial charge in [0, 0.05) is 25.6 Å². The molecule has 0 radical (unpaired) electrons. The first-order valence-corrected chi connectivity index (χ1v) is 5.32. The van der Waals surface area contributed by atoms with Gasteiger partial charge in [0.1, 0.15) is 5.60 Å². The zero-order valence-electron chi connectivity index (χ0n) is 9.38. The van der Waals surface area contributed by atoms with Crippen LogP contribution >= 0.6 is 0 Å². The Hall–Kier alpha value is -0.650. The van der Waals surface area contributed by atoms with E-state index in [-0.39, 0.29) is 25.0 Å². The molecule has 0 aliphatic carbocycles. The summed E-state index contributed by atoms with van der Waals surface area (Å²) in [5, 5.41) is 15.6. The van der Waals surface area contributed by atoms with Crippen LogP contribution in [0.5, 0.6) is 0 Å². The highest BCUT2D eigenvalue weighted by Gasteiger charge is 2.32. The molecule has 0 aromatic carbocycles. The van der Waals surface area contributed by atoms with Crippen LogP contribution in [0.4, 0.5) is 0 Å². The van der Waals surface area contributed by atoms with Gasteiger partial charge >= 0.3 is 0 Å². The van der Waals surface area contributed by atoms with Crippen LogP contribution in [0.2, 0.25) is 0 Å². The lowest BCUT2D eigenvalue weighted by Gasteiger charge is -2.20. The van der Waals surface area contributed by atoms with Gasteiger partial charge in [-0.3, -0.25) is 4.79 Å². The SMILES string of the molecule is CC(C)NCC(=O)NCC1(O)CCOC1. The number of hydrogen-bond acceptors (Lipinski definition) is 4. The van der Waals surface area contributed by atoms with Crippen LogP contribution in [-0.4, -0.2) is 49.0 Å². The molecule has 1 fully saturated rings. The molecule has 0 bridgehead atoms. The van der Waals surface area contributed by atoms with E-state index in [9.17, 15) is 9.90 Å². The third-order valence-corrected chi connectivity index (χ3v) is 2.37. The van der Waals surface area contributed by atoms with E-state index in [1.807, 2.05) is 13.8 Å². The Labute approximate surface area is 90.2 Å². The minimum Gasteiger partial charge on any atom is -0.386 e. The van der Waals surface area contributed by atoms with Crippen LogP contribution in [0.15, 0.2) is 0 Å². The average Bonchev–Trinajstić information content (AvgIpc) is 2.60. The van der Waals surface area contributed by atoms with Gasteiger partial charge < -0.3 is 20.5 Å². The summed E-state index contributed by atoms with van der Waals surface area (Å²) in [6.45, 7) is 5.39. The maximum absolute atomic E-state index is 11.3. The molecule has 1 rings (SSSR count). The van der Waals surface area contributed by atoms with Crippen LogP contribution in [0, 0.1) is 0 Å². The summed E-state index contributed by atoms with van der Waals surface area (Å²) in [5.41, 5.74) is -0.868. The van der Waals surface area contributed by atoms with Crippen LogP contribution in [0.3, 0.4) is 0 Å². The number of rotatable bonds is 5. The number of hydrogen-bond donors (Lipinski definition) is 3. The smallest absolute Gasteiger partial charge is 0.234 e. The molecule has 0 aromatic heterocycles. The molecule has 88 valence electrons. The van der Waals surface area contributed by atoms with E-state index < -0.39 is 5.60 Å². The van der Waals surface area contributed by atoms with Crippen LogP contribution in [-0.2, 0) is 9.53 Å². The lowest BCUT2D eigenvalue weighted by molar-refractivity contribution is -0.121. The first kappa shape index (κ1) is 12.4. The zero-order chi connectivity index (χ0) is 11.3. The van der Waals surface area contributed by atoms with E-state index in [2.05, 4.69) is 10.6 Å². The third kappa shape index (κ3) is 4.59. The molecule has 1 unspecified atom stereocenters. The van der Waals surface area contributed by atoms with E-state index >= 15 is 0 Å². The van der Waals surface area contributed by atoms with Crippen molar-refractivity contribution in [3.05, 3.63) is 0 Å². The summed E-state index contributed by atoms with van der Waals surface area (Å²) in [6, 6.07) is 0.286. The standard InChI is InChI=1S/C10H20N2O3/c1-8(2)11-5-9(13)12-6-10(14)3-4-15-7-10/h8,11,14H,3-7H2,1-2H3,(H,12,13). The summed E-state index contributed by atoms with van der Waals surface area (Å²) >= 11 is 0. The predicted molar refractivity (Wildman–Crippen MR) is 56.5 cm³/mol. The summed E-state index contributed by atoms with van der Waals surface area (Å²) in [5.74, 6) is -0.0935. The van der Waals surface area contributed by atoms with E-state index in [1.165, 1.54) is 0 Å². The zero-order valence-corrected chi connectivity index (χ0v) is 9.38. The number of amides is 1. The summed E-state index contributed by atoms with van der Waals surface area (Å²) in [7, 11) is 0. The molecule has 1 heterocycles. The highest BCUT2D eigenvalue weighted by Crippen LogP contribution is 2.16. The predicted octanol–water partition coefficient (Wildman–Crippen LogP) is -0.748. The Morgan fingerprint density at radius 1 is 1.60 bits per heavy atom. The minimum absolute atomic E-state index is 0.0935. The van der Waals surface area contributed by atoms with Crippen molar-refractivity contribution in [1.82, 2.24) is 10.6 Å². The molecule has 1 aliphatic rings. The lowest BCUT2D eigenvalue weighted by atomic mass is 10.0. The van der Waals surface area contributed by atoms with Crippen LogP contribution in [0.25, 0.3) is 0 Å². The summed E-state index contributed by atoms with van der Waals surface area (Å²) < 4.78 is 5.07. The average molecular weight is 216 g/mol. The van der Waals surface area contributed by atoms with Gasteiger partial charge in [0.05, 0.1) is 13.2 Å². The second kappa shape index (κ2) is 5.44. The van der Waals surface area contributed by atoms with Crippen molar-refractivity contribution in [2.24, 2.45) is 0 Å². The number of carbonyl (C=O) groups is 1. The number of aliphatic hydroxyl groups is 1. The molecule has 3 N–H and O–H groups in total. The fourth-order valence-corrected chi connectivity index (χ4v) is 1.36. The quantitative estimate of drug-likeness (QED) is 0.565. The third-order valence-electron chi connectivity index (χ3n) is 2.37. The van der Waals surface area contributed by atoms with Gasteiger partial charge in [0.2, 0.25) is 5.91 Å². The van der Waals surface area contributed by atoms with Crippen molar-refractivity contribution < 1.29 is 14.6 Å². The molecular formula is C10H20N2O3. The molecule has 0 aromatic rings. The van der Waals surface area contributed by atoms with Gasteiger partial charge in [0.25, 0.3) is 0 Å². The molecule has 0 spiro atoms. The summed E-state index contributed by atoms with van der Waals surface area (Å²) in [4.78, 5) is 11.3. The van der Waals surface area contributed by atoms with Gasteiger partial charge in [-0.05, 0) is 0 Å². The Bertz CT molecular complexity index is 213. The Balaban J connectivity index is 2.16. The molecule has 1 saturated heterocycles. The molecule has 0 saturated carbocycles. The first-order chi connectivity index (χ1) is 7.02. The fraction of sp³-hybridized carbons (Fsp3) is 0.900. The highest BCUT2D eigenvalue weighted by atomic mass is 16.5. The van der Waals surface area contributed by atoms with E-state index in [0.717, 1.165) is 0 Å². The molecule has 5 nitrogen and oxygen atoms in total. The Morgan fingerprint density at radius 2 is 2.33 bits per heavy atom. The molecule has 5 heteroatoms. The molecular weight excluding hydrogens is 196 g/mol. The Kier molecular flexibility index (Phi) is 4.50. The van der Waals surface area contributed by atoms with Gasteiger partial charge in [0.15, 0.2) is 0 Å². The number of carbonyl (C=O) groups excluding carboxylic acids is 1. The minimum atomic E-state index is -0.868. The maximum atomic E-state index is 11.3. The molecule has 15 heavy (non-hydrogen) atoms. The van der Waals surface area contributed by atoms with Gasteiger partial charge in [-0.2, -0.15) is 0 Å². The van der Waals surface area contributed by atoms with Crippen molar-refractivity contribution in [3.63, 3.8) is 0 Å². The first-order valence-electron chi connectivity index (χ1n) is 5.32. The van der Waals surface area contributed by atoms with Gasteiger partial charge in [-0.25, -0.2) is 0 Å². The number of ether oxygens (including phenoxy) is 1. The molecule has 1 aliphatic heterocycles. The number of nitrogens with one attached hydrogen (secondary N) is 2. The van der Waals surface area contributed by atoms with Gasteiger partial charge in [-0.15, -0.1) is 0 Å². The van der Waals surface area contributed by atoms with Gasteiger partial charge in [-0.1, -0.05) is 13.8 Å². The van der Waals surface area contributed by atoms with Crippen molar-refractivity contribution in [3.8, 4) is 0 Å². The van der Waals surface area contributed by atoms with Crippen LogP contribution < -0.4 is 10.6 Å². The summed E-state index contributed by atoms with van der Waals surface area (Å²) in [6.07, 6.45) is 0.588. The van der Waals surface area contributed by atoms with Crippen molar-refractivity contribution in [1.29, 1.82) is 0 Å². The fourth-order valence-electron chi connectivity index (χ4n) is 1.36. The second-order valence-corrected chi connectivity index (χ2v) is 4.34. The van der Waals surface area contributed by atoms with Crippen molar-refractivity contribution in [2.45, 2.75) is 31.9 Å². The Morgan fingerprint density at radius 3 is 2.87 bits per heavy atom. The van der Waals surface area contributed by atoms with E-state index in [1.54, 1.807) is 0 Å². The topological polar surface area (TPSA) is 70.6 Å². The van der Waals surface area contributed by atoms with Crippen molar-refractivity contribution >= 4 is 5.91 Å². The molecule has 1 atom stereocenters. The highest BCUT2D eigenvalue weighted by molar-refractivity contribution is 5.78. The van der Waals surface area contributed by atoms with E-state index in [0.29, 0.717) is 19.6 Å². The van der Waals surface area contributed by atoms with Crippen molar-refractivity contribution in [2.75, 3.05) is 26.3 Å². The van der Waals surface area contributed by atoms with E-state index in [4.69, 9.17) is 4.74 Å². The largest absolute Gasteiger partial charge is 0.386 e. The maximum Gasteiger partial charge on any atom is 0.234 e. The van der Waals surface area contributed by atoms with Crippen LogP contribution in [0.1, 0.15) is 20.3 Å². The molecule has 1 amide bonds. The second-order valence-electron chi connectivity index (χ2n) is 4.34. The normalized spacial score (nSPS) is 25.9.